The van der Waals surface area contributed by atoms with Gasteiger partial charge in [0.05, 0.1) is 0 Å². The van der Waals surface area contributed by atoms with Crippen molar-refractivity contribution in [2.24, 2.45) is 5.73 Å². The molecule has 0 radical (unpaired) electrons. The number of nitrogens with two attached hydrogens (primary N) is 1. The highest BCUT2D eigenvalue weighted by Crippen LogP contribution is 2.20. The van der Waals surface area contributed by atoms with Gasteiger partial charge in [-0.3, -0.25) is 4.90 Å². The topological polar surface area (TPSA) is 29.3 Å². The van der Waals surface area contributed by atoms with Gasteiger partial charge in [-0.25, -0.2) is 0 Å². The molecule has 1 aliphatic rings. The molecule has 0 spiro atoms. The molecule has 0 amide bonds. The zero-order chi connectivity index (χ0) is 12.1. The third-order valence-electron chi connectivity index (χ3n) is 3.75. The van der Waals surface area contributed by atoms with Crippen LogP contribution >= 0.6 is 0 Å². The molecule has 2 heteroatoms. The van der Waals surface area contributed by atoms with Crippen molar-refractivity contribution < 1.29 is 0 Å². The molecule has 1 saturated heterocycles. The first-order valence-electron chi connectivity index (χ1n) is 6.81. The molecule has 1 aliphatic heterocycles. The monoisotopic (exact) mass is 232 g/mol. The summed E-state index contributed by atoms with van der Waals surface area (Å²) in [5.41, 5.74) is 7.54. The number of hydrogen-bond acceptors (Lipinski definition) is 2. The molecule has 17 heavy (non-hydrogen) atoms. The van der Waals surface area contributed by atoms with Crippen molar-refractivity contribution in [3.05, 3.63) is 35.9 Å². The molecule has 1 heterocycles. The first kappa shape index (κ1) is 12.6. The van der Waals surface area contributed by atoms with Gasteiger partial charge in [-0.05, 0) is 31.9 Å². The second-order valence-electron chi connectivity index (χ2n) is 5.23. The van der Waals surface area contributed by atoms with E-state index in [0.29, 0.717) is 6.04 Å². The van der Waals surface area contributed by atoms with Gasteiger partial charge in [0, 0.05) is 18.6 Å². The summed E-state index contributed by atoms with van der Waals surface area (Å²) in [7, 11) is 0. The van der Waals surface area contributed by atoms with Crippen molar-refractivity contribution in [2.45, 2.75) is 51.2 Å². The maximum absolute atomic E-state index is 6.14. The Labute approximate surface area is 105 Å². The van der Waals surface area contributed by atoms with Gasteiger partial charge in [-0.2, -0.15) is 0 Å². The third kappa shape index (κ3) is 3.55. The Hall–Kier alpha value is -0.860. The highest BCUT2D eigenvalue weighted by Gasteiger charge is 2.23. The van der Waals surface area contributed by atoms with Crippen LogP contribution in [-0.2, 0) is 6.54 Å². The van der Waals surface area contributed by atoms with Crippen LogP contribution in [0.15, 0.2) is 30.3 Å². The molecule has 94 valence electrons. The highest BCUT2D eigenvalue weighted by molar-refractivity contribution is 5.14. The van der Waals surface area contributed by atoms with E-state index in [9.17, 15) is 0 Å². The van der Waals surface area contributed by atoms with E-state index in [2.05, 4.69) is 42.2 Å². The van der Waals surface area contributed by atoms with E-state index in [4.69, 9.17) is 5.73 Å². The van der Waals surface area contributed by atoms with Gasteiger partial charge in [0.15, 0.2) is 0 Å². The number of nitrogens with zero attached hydrogens (tertiary/aromatic N) is 1. The van der Waals surface area contributed by atoms with Crippen molar-refractivity contribution in [2.75, 3.05) is 6.54 Å². The summed E-state index contributed by atoms with van der Waals surface area (Å²) in [6.07, 6.45) is 5.26. The van der Waals surface area contributed by atoms with Gasteiger partial charge in [-0.1, -0.05) is 43.2 Å². The van der Waals surface area contributed by atoms with Gasteiger partial charge in [0.1, 0.15) is 0 Å². The Kier molecular flexibility index (Phi) is 4.57. The van der Waals surface area contributed by atoms with E-state index < -0.39 is 0 Å². The van der Waals surface area contributed by atoms with Crippen LogP contribution < -0.4 is 5.73 Å². The molecule has 2 atom stereocenters. The molecule has 0 saturated carbocycles. The zero-order valence-corrected chi connectivity index (χ0v) is 10.8. The fourth-order valence-electron chi connectivity index (χ4n) is 2.80. The zero-order valence-electron chi connectivity index (χ0n) is 10.8. The SMILES string of the molecule is CC(N)C1CCCCCN1Cc1ccccc1. The summed E-state index contributed by atoms with van der Waals surface area (Å²) >= 11 is 0. The van der Waals surface area contributed by atoms with Crippen LogP contribution in [0.25, 0.3) is 0 Å². The van der Waals surface area contributed by atoms with E-state index >= 15 is 0 Å². The third-order valence-corrected chi connectivity index (χ3v) is 3.75. The summed E-state index contributed by atoms with van der Waals surface area (Å²) in [6.45, 7) is 4.39. The minimum Gasteiger partial charge on any atom is -0.327 e. The van der Waals surface area contributed by atoms with Crippen LogP contribution in [0, 0.1) is 0 Å². The fourth-order valence-corrected chi connectivity index (χ4v) is 2.80. The Morgan fingerprint density at radius 1 is 1.24 bits per heavy atom. The lowest BCUT2D eigenvalue weighted by molar-refractivity contribution is 0.170. The fraction of sp³-hybridized carbons (Fsp3) is 0.600. The number of hydrogen-bond donors (Lipinski definition) is 1. The summed E-state index contributed by atoms with van der Waals surface area (Å²) in [5.74, 6) is 0. The highest BCUT2D eigenvalue weighted by atomic mass is 15.2. The van der Waals surface area contributed by atoms with E-state index in [0.717, 1.165) is 6.54 Å². The van der Waals surface area contributed by atoms with Crippen molar-refractivity contribution in [3.8, 4) is 0 Å². The molecule has 2 N–H and O–H groups in total. The van der Waals surface area contributed by atoms with Crippen molar-refractivity contribution in [1.82, 2.24) is 4.90 Å². The van der Waals surface area contributed by atoms with Crippen LogP contribution in [0.5, 0.6) is 0 Å². The van der Waals surface area contributed by atoms with Crippen LogP contribution in [-0.4, -0.2) is 23.5 Å². The molecule has 2 rings (SSSR count). The van der Waals surface area contributed by atoms with Gasteiger partial charge < -0.3 is 5.73 Å². The quantitative estimate of drug-likeness (QED) is 0.868. The summed E-state index contributed by atoms with van der Waals surface area (Å²) < 4.78 is 0. The second kappa shape index (κ2) is 6.18. The van der Waals surface area contributed by atoms with Gasteiger partial charge >= 0.3 is 0 Å². The predicted octanol–water partition coefficient (Wildman–Crippen LogP) is 2.78. The van der Waals surface area contributed by atoms with Gasteiger partial charge in [0.25, 0.3) is 0 Å². The second-order valence-corrected chi connectivity index (χ2v) is 5.23. The number of benzene rings is 1. The molecule has 1 fully saturated rings. The maximum atomic E-state index is 6.14. The number of likely N-dealkylation sites (tertiary alicyclic amines) is 1. The van der Waals surface area contributed by atoms with Gasteiger partial charge in [0.2, 0.25) is 0 Å². The molecular weight excluding hydrogens is 208 g/mol. The molecule has 0 aliphatic carbocycles. The minimum absolute atomic E-state index is 0.275. The normalized spacial score (nSPS) is 24.2. The first-order chi connectivity index (χ1) is 8.27. The van der Waals surface area contributed by atoms with Crippen molar-refractivity contribution in [1.29, 1.82) is 0 Å². The average molecular weight is 232 g/mol. The maximum Gasteiger partial charge on any atom is 0.0248 e. The van der Waals surface area contributed by atoms with Crippen LogP contribution in [0.1, 0.15) is 38.2 Å². The largest absolute Gasteiger partial charge is 0.327 e. The minimum atomic E-state index is 0.275. The Morgan fingerprint density at radius 2 is 2.00 bits per heavy atom. The molecule has 1 aromatic rings. The smallest absolute Gasteiger partial charge is 0.0248 e. The van der Waals surface area contributed by atoms with E-state index in [1.54, 1.807) is 0 Å². The molecule has 0 bridgehead atoms. The summed E-state index contributed by atoms with van der Waals surface area (Å²) in [5, 5.41) is 0. The van der Waals surface area contributed by atoms with Crippen LogP contribution in [0.3, 0.4) is 0 Å². The predicted molar refractivity (Wildman–Crippen MR) is 72.8 cm³/mol. The van der Waals surface area contributed by atoms with E-state index in [1.165, 1.54) is 37.8 Å². The standard InChI is InChI=1S/C15H24N2/c1-13(16)15-10-6-3-7-11-17(15)12-14-8-4-2-5-9-14/h2,4-5,8-9,13,15H,3,6-7,10-12,16H2,1H3. The summed E-state index contributed by atoms with van der Waals surface area (Å²) in [4.78, 5) is 2.58. The first-order valence-corrected chi connectivity index (χ1v) is 6.81. The molecule has 1 aromatic carbocycles. The Balaban J connectivity index is 2.05. The Bertz CT molecular complexity index is 321. The van der Waals surface area contributed by atoms with Crippen LogP contribution in [0.4, 0.5) is 0 Å². The van der Waals surface area contributed by atoms with Crippen molar-refractivity contribution in [3.63, 3.8) is 0 Å². The lowest BCUT2D eigenvalue weighted by atomic mass is 10.0. The lowest BCUT2D eigenvalue weighted by Gasteiger charge is -2.32. The van der Waals surface area contributed by atoms with E-state index in [1.807, 2.05) is 0 Å². The molecule has 0 aromatic heterocycles. The van der Waals surface area contributed by atoms with Crippen LogP contribution in [0.2, 0.25) is 0 Å². The molecule has 2 nitrogen and oxygen atoms in total. The molecule has 2 unspecified atom stereocenters. The lowest BCUT2D eigenvalue weighted by Crippen LogP contribution is -2.45. The van der Waals surface area contributed by atoms with E-state index in [-0.39, 0.29) is 6.04 Å². The van der Waals surface area contributed by atoms with Gasteiger partial charge in [-0.15, -0.1) is 0 Å². The van der Waals surface area contributed by atoms with Crippen molar-refractivity contribution >= 4 is 0 Å². The Morgan fingerprint density at radius 3 is 2.71 bits per heavy atom. The summed E-state index contributed by atoms with van der Waals surface area (Å²) in [6, 6.07) is 11.6. The average Bonchev–Trinajstić information content (AvgIpc) is 2.56. The number of rotatable bonds is 3. The molecular formula is C15H24N2.